The lowest BCUT2D eigenvalue weighted by Crippen LogP contribution is -2.52. The predicted octanol–water partition coefficient (Wildman–Crippen LogP) is 1.29. The molecule has 1 aliphatic heterocycles. The van der Waals surface area contributed by atoms with E-state index in [0.717, 1.165) is 11.1 Å². The molecule has 2 rings (SSSR count). The van der Waals surface area contributed by atoms with Crippen LogP contribution < -0.4 is 5.32 Å². The summed E-state index contributed by atoms with van der Waals surface area (Å²) in [4.78, 5) is 0.441. The molecule has 1 fully saturated rings. The fourth-order valence-corrected chi connectivity index (χ4v) is 4.23. The Morgan fingerprint density at radius 3 is 2.72 bits per heavy atom. The third kappa shape index (κ3) is 2.43. The fraction of sp³-hybridized carbons (Fsp3) is 0.538. The van der Waals surface area contributed by atoms with E-state index >= 15 is 0 Å². The second-order valence-corrected chi connectivity index (χ2v) is 6.80. The van der Waals surface area contributed by atoms with E-state index in [9.17, 15) is 8.42 Å². The van der Waals surface area contributed by atoms with Crippen LogP contribution in [-0.2, 0) is 10.0 Å². The number of piperazine rings is 1. The summed E-state index contributed by atoms with van der Waals surface area (Å²) in [6, 6.07) is 5.58. The van der Waals surface area contributed by atoms with E-state index in [4.69, 9.17) is 0 Å². The van der Waals surface area contributed by atoms with Crippen molar-refractivity contribution in [1.29, 1.82) is 0 Å². The summed E-state index contributed by atoms with van der Waals surface area (Å²) >= 11 is 0. The molecular formula is C13H20N2O2S. The number of nitrogens with zero attached hydrogens (tertiary/aromatic N) is 1. The molecule has 0 bridgehead atoms. The molecule has 1 aliphatic rings. The second-order valence-electron chi connectivity index (χ2n) is 4.94. The van der Waals surface area contributed by atoms with Gasteiger partial charge in [0.1, 0.15) is 0 Å². The van der Waals surface area contributed by atoms with Gasteiger partial charge in [-0.25, -0.2) is 8.42 Å². The molecule has 1 saturated heterocycles. The van der Waals surface area contributed by atoms with Crippen LogP contribution in [0.5, 0.6) is 0 Å². The van der Waals surface area contributed by atoms with Crippen LogP contribution in [0.3, 0.4) is 0 Å². The Hall–Kier alpha value is -0.910. The van der Waals surface area contributed by atoms with Gasteiger partial charge in [0.2, 0.25) is 10.0 Å². The van der Waals surface area contributed by atoms with E-state index in [0.29, 0.717) is 24.5 Å². The normalized spacial score (nSPS) is 22.1. The Morgan fingerprint density at radius 2 is 2.06 bits per heavy atom. The summed E-state index contributed by atoms with van der Waals surface area (Å²) in [5.41, 5.74) is 1.79. The van der Waals surface area contributed by atoms with Gasteiger partial charge in [-0.1, -0.05) is 12.1 Å². The van der Waals surface area contributed by atoms with Crippen molar-refractivity contribution in [2.24, 2.45) is 0 Å². The van der Waals surface area contributed by atoms with Crippen LogP contribution in [0.1, 0.15) is 18.1 Å². The summed E-state index contributed by atoms with van der Waals surface area (Å²) in [7, 11) is -3.37. The zero-order valence-corrected chi connectivity index (χ0v) is 11.9. The van der Waals surface area contributed by atoms with Gasteiger partial charge in [0, 0.05) is 25.7 Å². The summed E-state index contributed by atoms with van der Waals surface area (Å²) in [5.74, 6) is 0. The van der Waals surface area contributed by atoms with Gasteiger partial charge in [-0.15, -0.1) is 0 Å². The first-order valence-electron chi connectivity index (χ1n) is 6.23. The Balaban J connectivity index is 2.44. The van der Waals surface area contributed by atoms with Crippen molar-refractivity contribution in [3.63, 3.8) is 0 Å². The number of sulfonamides is 1. The molecule has 0 spiro atoms. The average Bonchev–Trinajstić information content (AvgIpc) is 2.32. The van der Waals surface area contributed by atoms with Gasteiger partial charge in [-0.2, -0.15) is 4.31 Å². The van der Waals surface area contributed by atoms with Gasteiger partial charge in [0.15, 0.2) is 0 Å². The molecule has 100 valence electrons. The fourth-order valence-electron chi connectivity index (χ4n) is 2.29. The Morgan fingerprint density at radius 1 is 1.33 bits per heavy atom. The Kier molecular flexibility index (Phi) is 3.75. The van der Waals surface area contributed by atoms with Crippen LogP contribution in [0.25, 0.3) is 0 Å². The van der Waals surface area contributed by atoms with Gasteiger partial charge in [0.05, 0.1) is 4.90 Å². The van der Waals surface area contributed by atoms with Crippen molar-refractivity contribution in [3.05, 3.63) is 29.3 Å². The molecule has 0 radical (unpaired) electrons. The minimum atomic E-state index is -3.37. The maximum Gasteiger partial charge on any atom is 0.243 e. The topological polar surface area (TPSA) is 49.4 Å². The van der Waals surface area contributed by atoms with Gasteiger partial charge < -0.3 is 5.32 Å². The molecule has 0 saturated carbocycles. The number of rotatable bonds is 2. The molecule has 18 heavy (non-hydrogen) atoms. The highest BCUT2D eigenvalue weighted by Gasteiger charge is 2.31. The molecule has 1 N–H and O–H groups in total. The third-order valence-electron chi connectivity index (χ3n) is 3.37. The van der Waals surface area contributed by atoms with E-state index in [2.05, 4.69) is 5.32 Å². The quantitative estimate of drug-likeness (QED) is 0.879. The molecule has 0 aliphatic carbocycles. The second kappa shape index (κ2) is 4.99. The van der Waals surface area contributed by atoms with E-state index in [1.54, 1.807) is 10.4 Å². The molecule has 0 unspecified atom stereocenters. The van der Waals surface area contributed by atoms with E-state index < -0.39 is 10.0 Å². The largest absolute Gasteiger partial charge is 0.314 e. The van der Waals surface area contributed by atoms with Crippen LogP contribution in [0, 0.1) is 13.8 Å². The van der Waals surface area contributed by atoms with Gasteiger partial charge in [-0.3, -0.25) is 0 Å². The molecule has 4 nitrogen and oxygen atoms in total. The first-order valence-corrected chi connectivity index (χ1v) is 7.67. The summed E-state index contributed by atoms with van der Waals surface area (Å²) in [6.45, 7) is 7.67. The zero-order chi connectivity index (χ0) is 13.3. The molecular weight excluding hydrogens is 248 g/mol. The predicted molar refractivity (Wildman–Crippen MR) is 72.1 cm³/mol. The summed E-state index contributed by atoms with van der Waals surface area (Å²) in [6.07, 6.45) is 0. The van der Waals surface area contributed by atoms with Crippen LogP contribution in [-0.4, -0.2) is 38.4 Å². The van der Waals surface area contributed by atoms with Crippen molar-refractivity contribution in [1.82, 2.24) is 9.62 Å². The van der Waals surface area contributed by atoms with E-state index in [-0.39, 0.29) is 6.04 Å². The molecule has 0 aromatic heterocycles. The van der Waals surface area contributed by atoms with Crippen LogP contribution in [0.15, 0.2) is 23.1 Å². The van der Waals surface area contributed by atoms with Gasteiger partial charge in [-0.05, 0) is 38.0 Å². The number of benzene rings is 1. The van der Waals surface area contributed by atoms with Crippen LogP contribution >= 0.6 is 0 Å². The first kappa shape index (κ1) is 13.5. The van der Waals surface area contributed by atoms with Crippen molar-refractivity contribution in [2.45, 2.75) is 31.7 Å². The molecule has 1 aromatic rings. The summed E-state index contributed by atoms with van der Waals surface area (Å²) in [5, 5.41) is 3.21. The van der Waals surface area contributed by atoms with Crippen molar-refractivity contribution < 1.29 is 8.42 Å². The monoisotopic (exact) mass is 268 g/mol. The summed E-state index contributed by atoms with van der Waals surface area (Å²) < 4.78 is 26.9. The molecule has 0 amide bonds. The maximum absolute atomic E-state index is 12.7. The van der Waals surface area contributed by atoms with Crippen molar-refractivity contribution in [3.8, 4) is 0 Å². The van der Waals surface area contributed by atoms with Crippen LogP contribution in [0.4, 0.5) is 0 Å². The van der Waals surface area contributed by atoms with Crippen LogP contribution in [0.2, 0.25) is 0 Å². The third-order valence-corrected chi connectivity index (χ3v) is 5.53. The smallest absolute Gasteiger partial charge is 0.243 e. The number of aryl methyl sites for hydroxylation is 2. The zero-order valence-electron chi connectivity index (χ0n) is 11.1. The lowest BCUT2D eigenvalue weighted by atomic mass is 10.2. The molecule has 1 aromatic carbocycles. The van der Waals surface area contributed by atoms with Gasteiger partial charge in [0.25, 0.3) is 0 Å². The van der Waals surface area contributed by atoms with Gasteiger partial charge >= 0.3 is 0 Å². The average molecular weight is 268 g/mol. The molecule has 1 atom stereocenters. The lowest BCUT2D eigenvalue weighted by Gasteiger charge is -2.33. The first-order chi connectivity index (χ1) is 8.43. The Bertz CT molecular complexity index is 540. The van der Waals surface area contributed by atoms with Crippen molar-refractivity contribution >= 4 is 10.0 Å². The molecule has 1 heterocycles. The van der Waals surface area contributed by atoms with Crippen molar-refractivity contribution in [2.75, 3.05) is 19.6 Å². The van der Waals surface area contributed by atoms with E-state index in [1.807, 2.05) is 32.9 Å². The maximum atomic E-state index is 12.7. The number of hydrogen-bond donors (Lipinski definition) is 1. The minimum absolute atomic E-state index is 0.00339. The van der Waals surface area contributed by atoms with E-state index in [1.165, 1.54) is 0 Å². The number of nitrogens with one attached hydrogen (secondary N) is 1. The lowest BCUT2D eigenvalue weighted by molar-refractivity contribution is 0.283. The SMILES string of the molecule is Cc1ccc(C)c(S(=O)(=O)N2CCNC[C@@H]2C)c1. The Labute approximate surface area is 109 Å². The highest BCUT2D eigenvalue weighted by atomic mass is 32.2. The highest BCUT2D eigenvalue weighted by molar-refractivity contribution is 7.89. The minimum Gasteiger partial charge on any atom is -0.314 e. The highest BCUT2D eigenvalue weighted by Crippen LogP contribution is 2.23. The number of hydrogen-bond acceptors (Lipinski definition) is 3. The molecule has 5 heteroatoms. The standard InChI is InChI=1S/C13H20N2O2S/c1-10-4-5-11(2)13(8-10)18(16,17)15-7-6-14-9-12(15)3/h4-5,8,12,14H,6-7,9H2,1-3H3/t12-/m0/s1.